The molecule has 3 nitrogen and oxygen atoms in total. The molecule has 3 heteroatoms. The van der Waals surface area contributed by atoms with E-state index in [4.69, 9.17) is 4.74 Å². The second kappa shape index (κ2) is 3.78. The third-order valence-corrected chi connectivity index (χ3v) is 4.24. The Labute approximate surface area is 90.8 Å². The van der Waals surface area contributed by atoms with E-state index in [0.29, 0.717) is 0 Å². The highest BCUT2D eigenvalue weighted by molar-refractivity contribution is 5.81. The fraction of sp³-hybridized carbons (Fsp3) is 0.917. The molecule has 2 heterocycles. The predicted octanol–water partition coefficient (Wildman–Crippen LogP) is 1.42. The van der Waals surface area contributed by atoms with Crippen LogP contribution in [0.2, 0.25) is 0 Å². The summed E-state index contributed by atoms with van der Waals surface area (Å²) in [6.45, 7) is 2.78. The van der Waals surface area contributed by atoms with Gasteiger partial charge in [0.2, 0.25) is 0 Å². The fourth-order valence-electron chi connectivity index (χ4n) is 3.39. The first-order chi connectivity index (χ1) is 7.34. The van der Waals surface area contributed by atoms with Gasteiger partial charge in [-0.25, -0.2) is 0 Å². The van der Waals surface area contributed by atoms with Crippen LogP contribution in [-0.2, 0) is 9.53 Å². The van der Waals surface area contributed by atoms with Gasteiger partial charge < -0.3 is 9.64 Å². The largest absolute Gasteiger partial charge is 0.368 e. The Morgan fingerprint density at radius 1 is 1.07 bits per heavy atom. The Morgan fingerprint density at radius 3 is 2.40 bits per heavy atom. The highest BCUT2D eigenvalue weighted by Gasteiger charge is 2.40. The van der Waals surface area contributed by atoms with Crippen LogP contribution in [0.5, 0.6) is 0 Å². The maximum absolute atomic E-state index is 12.1. The summed E-state index contributed by atoms with van der Waals surface area (Å²) in [7, 11) is 0. The summed E-state index contributed by atoms with van der Waals surface area (Å²) in [5.74, 6) is 1.87. The first-order valence-corrected chi connectivity index (χ1v) is 6.25. The first-order valence-electron chi connectivity index (χ1n) is 6.25. The molecule has 3 unspecified atom stereocenters. The SMILES string of the molecule is O=C(C1CCCO1)N1CC2CCCC2C1. The minimum absolute atomic E-state index is 0.108. The number of carbonyl (C=O) groups excluding carboxylic acids is 1. The molecular formula is C12H19NO2. The lowest BCUT2D eigenvalue weighted by Gasteiger charge is -2.20. The molecule has 0 aromatic heterocycles. The molecule has 3 fully saturated rings. The second-order valence-electron chi connectivity index (χ2n) is 5.20. The topological polar surface area (TPSA) is 29.5 Å². The maximum atomic E-state index is 12.1. The van der Waals surface area contributed by atoms with Crippen molar-refractivity contribution in [2.45, 2.75) is 38.2 Å². The lowest BCUT2D eigenvalue weighted by molar-refractivity contribution is -0.140. The van der Waals surface area contributed by atoms with E-state index in [2.05, 4.69) is 4.90 Å². The lowest BCUT2D eigenvalue weighted by atomic mass is 10.0. The van der Waals surface area contributed by atoms with Crippen molar-refractivity contribution in [3.05, 3.63) is 0 Å². The summed E-state index contributed by atoms with van der Waals surface area (Å²) in [6.07, 6.45) is 5.92. The smallest absolute Gasteiger partial charge is 0.251 e. The van der Waals surface area contributed by atoms with Gasteiger partial charge in [0.25, 0.3) is 5.91 Å². The van der Waals surface area contributed by atoms with Gasteiger partial charge in [-0.05, 0) is 37.5 Å². The van der Waals surface area contributed by atoms with E-state index in [1.54, 1.807) is 0 Å². The summed E-state index contributed by atoms with van der Waals surface area (Å²) in [6, 6.07) is 0. The van der Waals surface area contributed by atoms with Crippen LogP contribution < -0.4 is 0 Å². The van der Waals surface area contributed by atoms with Crippen LogP contribution in [0.15, 0.2) is 0 Å². The molecule has 3 aliphatic rings. The molecule has 15 heavy (non-hydrogen) atoms. The molecule has 2 aliphatic heterocycles. The normalized spacial score (nSPS) is 39.7. The first kappa shape index (κ1) is 9.64. The van der Waals surface area contributed by atoms with Crippen LogP contribution in [-0.4, -0.2) is 36.6 Å². The standard InChI is InChI=1S/C12H19NO2/c14-12(11-5-2-6-15-11)13-7-9-3-1-4-10(9)8-13/h9-11H,1-8H2. The number of amides is 1. The van der Waals surface area contributed by atoms with Crippen molar-refractivity contribution >= 4 is 5.91 Å². The minimum atomic E-state index is -0.108. The van der Waals surface area contributed by atoms with Crippen LogP contribution in [0.4, 0.5) is 0 Å². The van der Waals surface area contributed by atoms with Gasteiger partial charge in [0.05, 0.1) is 0 Å². The summed E-state index contributed by atoms with van der Waals surface area (Å²) in [5.41, 5.74) is 0. The third kappa shape index (κ3) is 1.67. The van der Waals surface area contributed by atoms with E-state index in [-0.39, 0.29) is 12.0 Å². The van der Waals surface area contributed by atoms with E-state index >= 15 is 0 Å². The van der Waals surface area contributed by atoms with Gasteiger partial charge in [-0.15, -0.1) is 0 Å². The lowest BCUT2D eigenvalue weighted by Crippen LogP contribution is -2.37. The van der Waals surface area contributed by atoms with Gasteiger partial charge in [0.1, 0.15) is 6.10 Å². The monoisotopic (exact) mass is 209 g/mol. The molecule has 2 saturated heterocycles. The van der Waals surface area contributed by atoms with Crippen LogP contribution in [0, 0.1) is 11.8 Å². The molecule has 84 valence electrons. The van der Waals surface area contributed by atoms with Crippen molar-refractivity contribution in [1.82, 2.24) is 4.90 Å². The Balaban J connectivity index is 1.61. The molecule has 0 aromatic rings. The van der Waals surface area contributed by atoms with Crippen LogP contribution in [0.1, 0.15) is 32.1 Å². The Morgan fingerprint density at radius 2 is 1.80 bits per heavy atom. The zero-order chi connectivity index (χ0) is 10.3. The average Bonchev–Trinajstić information content (AvgIpc) is 2.92. The summed E-state index contributed by atoms with van der Waals surface area (Å²) >= 11 is 0. The molecule has 0 bridgehead atoms. The maximum Gasteiger partial charge on any atom is 0.251 e. The van der Waals surface area contributed by atoms with Crippen LogP contribution in [0.3, 0.4) is 0 Å². The van der Waals surface area contributed by atoms with Crippen molar-refractivity contribution in [1.29, 1.82) is 0 Å². The number of fused-ring (bicyclic) bond motifs is 1. The number of ether oxygens (including phenoxy) is 1. The molecule has 0 spiro atoms. The molecule has 0 aromatic carbocycles. The summed E-state index contributed by atoms with van der Waals surface area (Å²) in [5, 5.41) is 0. The highest BCUT2D eigenvalue weighted by Crippen LogP contribution is 2.38. The van der Waals surface area contributed by atoms with Crippen molar-refractivity contribution in [2.24, 2.45) is 11.8 Å². The quantitative estimate of drug-likeness (QED) is 0.653. The fourth-order valence-corrected chi connectivity index (χ4v) is 3.39. The predicted molar refractivity (Wildman–Crippen MR) is 56.4 cm³/mol. The van der Waals surface area contributed by atoms with Gasteiger partial charge in [-0.3, -0.25) is 4.79 Å². The van der Waals surface area contributed by atoms with Gasteiger partial charge in [0.15, 0.2) is 0 Å². The Kier molecular flexibility index (Phi) is 2.43. The van der Waals surface area contributed by atoms with Gasteiger partial charge >= 0.3 is 0 Å². The van der Waals surface area contributed by atoms with Crippen LogP contribution in [0.25, 0.3) is 0 Å². The van der Waals surface area contributed by atoms with E-state index in [1.165, 1.54) is 19.3 Å². The number of hydrogen-bond acceptors (Lipinski definition) is 2. The number of nitrogens with zero attached hydrogens (tertiary/aromatic N) is 1. The molecule has 0 N–H and O–H groups in total. The number of likely N-dealkylation sites (tertiary alicyclic amines) is 1. The van der Waals surface area contributed by atoms with Gasteiger partial charge in [0, 0.05) is 19.7 Å². The van der Waals surface area contributed by atoms with E-state index in [9.17, 15) is 4.79 Å². The molecule has 1 amide bonds. The van der Waals surface area contributed by atoms with E-state index in [0.717, 1.165) is 44.4 Å². The van der Waals surface area contributed by atoms with Crippen molar-refractivity contribution < 1.29 is 9.53 Å². The Bertz CT molecular complexity index is 248. The highest BCUT2D eigenvalue weighted by atomic mass is 16.5. The molecule has 3 atom stereocenters. The molecule has 3 rings (SSSR count). The number of carbonyl (C=O) groups is 1. The van der Waals surface area contributed by atoms with Crippen molar-refractivity contribution in [3.63, 3.8) is 0 Å². The molecule has 1 aliphatic carbocycles. The van der Waals surface area contributed by atoms with Crippen molar-refractivity contribution in [3.8, 4) is 0 Å². The number of hydrogen-bond donors (Lipinski definition) is 0. The average molecular weight is 209 g/mol. The van der Waals surface area contributed by atoms with E-state index < -0.39 is 0 Å². The summed E-state index contributed by atoms with van der Waals surface area (Å²) < 4.78 is 5.46. The Hall–Kier alpha value is -0.570. The third-order valence-electron chi connectivity index (χ3n) is 4.24. The molecule has 0 radical (unpaired) electrons. The summed E-state index contributed by atoms with van der Waals surface area (Å²) in [4.78, 5) is 14.1. The van der Waals surface area contributed by atoms with Gasteiger partial charge in [-0.2, -0.15) is 0 Å². The number of rotatable bonds is 1. The van der Waals surface area contributed by atoms with Crippen LogP contribution >= 0.6 is 0 Å². The zero-order valence-corrected chi connectivity index (χ0v) is 9.15. The molecule has 1 saturated carbocycles. The minimum Gasteiger partial charge on any atom is -0.368 e. The zero-order valence-electron chi connectivity index (χ0n) is 9.15. The van der Waals surface area contributed by atoms with Crippen molar-refractivity contribution in [2.75, 3.05) is 19.7 Å². The molecular weight excluding hydrogens is 190 g/mol. The second-order valence-corrected chi connectivity index (χ2v) is 5.20. The van der Waals surface area contributed by atoms with Gasteiger partial charge in [-0.1, -0.05) is 6.42 Å². The van der Waals surface area contributed by atoms with E-state index in [1.807, 2.05) is 0 Å².